The van der Waals surface area contributed by atoms with E-state index in [1.54, 1.807) is 10.7 Å². The van der Waals surface area contributed by atoms with E-state index in [1.165, 1.54) is 5.56 Å². The minimum atomic E-state index is 0.986. The van der Waals surface area contributed by atoms with Gasteiger partial charge in [-0.15, -0.1) is 5.10 Å². The quantitative estimate of drug-likeness (QED) is 0.740. The van der Waals surface area contributed by atoms with E-state index in [1.807, 2.05) is 19.3 Å². The second-order valence-electron chi connectivity index (χ2n) is 2.99. The fourth-order valence-corrected chi connectivity index (χ4v) is 1.28. The SMILES string of the molecule is CNCCc1ccc2cnnn2c1. The zero-order valence-corrected chi connectivity index (χ0v) is 7.57. The lowest BCUT2D eigenvalue weighted by Crippen LogP contribution is -2.10. The highest BCUT2D eigenvalue weighted by Gasteiger charge is 1.96. The van der Waals surface area contributed by atoms with Gasteiger partial charge in [-0.3, -0.25) is 0 Å². The molecule has 0 aliphatic rings. The minimum Gasteiger partial charge on any atom is -0.319 e. The van der Waals surface area contributed by atoms with Crippen LogP contribution in [0.4, 0.5) is 0 Å². The fraction of sp³-hybridized carbons (Fsp3) is 0.333. The van der Waals surface area contributed by atoms with Crippen molar-refractivity contribution in [3.05, 3.63) is 30.1 Å². The van der Waals surface area contributed by atoms with Gasteiger partial charge in [-0.25, -0.2) is 4.52 Å². The average Bonchev–Trinajstić information content (AvgIpc) is 2.61. The largest absolute Gasteiger partial charge is 0.319 e. The Morgan fingerprint density at radius 3 is 3.23 bits per heavy atom. The molecule has 2 heterocycles. The lowest BCUT2D eigenvalue weighted by molar-refractivity contribution is 0.778. The molecule has 0 fully saturated rings. The molecule has 0 radical (unpaired) electrons. The molecule has 4 nitrogen and oxygen atoms in total. The van der Waals surface area contributed by atoms with Crippen LogP contribution in [0.1, 0.15) is 5.56 Å². The smallest absolute Gasteiger partial charge is 0.0865 e. The Kier molecular flexibility index (Phi) is 2.23. The molecule has 13 heavy (non-hydrogen) atoms. The third-order valence-electron chi connectivity index (χ3n) is 2.02. The Balaban J connectivity index is 2.26. The number of likely N-dealkylation sites (N-methyl/N-ethyl adjacent to an activating group) is 1. The van der Waals surface area contributed by atoms with Gasteiger partial charge in [0.15, 0.2) is 0 Å². The minimum absolute atomic E-state index is 0.986. The zero-order chi connectivity index (χ0) is 9.10. The van der Waals surface area contributed by atoms with Crippen molar-refractivity contribution in [1.82, 2.24) is 20.1 Å². The summed E-state index contributed by atoms with van der Waals surface area (Å²) >= 11 is 0. The van der Waals surface area contributed by atoms with Crippen molar-refractivity contribution in [2.75, 3.05) is 13.6 Å². The molecule has 1 N–H and O–H groups in total. The standard InChI is InChI=1S/C9H12N4/c1-10-5-4-8-2-3-9-6-11-12-13(9)7-8/h2-3,6-7,10H,4-5H2,1H3. The number of hydrogen-bond acceptors (Lipinski definition) is 3. The van der Waals surface area contributed by atoms with Gasteiger partial charge in [0.1, 0.15) is 0 Å². The molecule has 2 rings (SSSR count). The first kappa shape index (κ1) is 8.19. The highest BCUT2D eigenvalue weighted by atomic mass is 15.4. The number of hydrogen-bond donors (Lipinski definition) is 1. The molecule has 0 aliphatic heterocycles. The van der Waals surface area contributed by atoms with Crippen LogP contribution in [0.15, 0.2) is 24.5 Å². The maximum atomic E-state index is 3.93. The Hall–Kier alpha value is -1.42. The third-order valence-corrected chi connectivity index (χ3v) is 2.02. The van der Waals surface area contributed by atoms with Crippen molar-refractivity contribution >= 4 is 5.52 Å². The van der Waals surface area contributed by atoms with Crippen molar-refractivity contribution in [3.63, 3.8) is 0 Å². The molecule has 0 unspecified atom stereocenters. The van der Waals surface area contributed by atoms with Crippen molar-refractivity contribution in [3.8, 4) is 0 Å². The molecule has 0 atom stereocenters. The average molecular weight is 176 g/mol. The molecule has 0 saturated heterocycles. The van der Waals surface area contributed by atoms with E-state index in [4.69, 9.17) is 0 Å². The van der Waals surface area contributed by atoms with Gasteiger partial charge >= 0.3 is 0 Å². The monoisotopic (exact) mass is 176 g/mol. The van der Waals surface area contributed by atoms with Crippen LogP contribution < -0.4 is 5.32 Å². The van der Waals surface area contributed by atoms with Crippen LogP contribution in [0.2, 0.25) is 0 Å². The first-order chi connectivity index (χ1) is 6.40. The summed E-state index contributed by atoms with van der Waals surface area (Å²) in [7, 11) is 1.95. The Labute approximate surface area is 76.6 Å². The van der Waals surface area contributed by atoms with E-state index in [2.05, 4.69) is 21.7 Å². The van der Waals surface area contributed by atoms with E-state index in [0.717, 1.165) is 18.5 Å². The lowest BCUT2D eigenvalue weighted by Gasteiger charge is -2.00. The number of nitrogens with zero attached hydrogens (tertiary/aromatic N) is 3. The Morgan fingerprint density at radius 1 is 1.46 bits per heavy atom. The molecule has 2 aromatic rings. The zero-order valence-electron chi connectivity index (χ0n) is 7.57. The molecule has 0 amide bonds. The normalized spacial score (nSPS) is 10.8. The molecular formula is C9H12N4. The van der Waals surface area contributed by atoms with Gasteiger partial charge in [0.05, 0.1) is 11.7 Å². The van der Waals surface area contributed by atoms with Gasteiger partial charge in [-0.2, -0.15) is 0 Å². The fourth-order valence-electron chi connectivity index (χ4n) is 1.28. The van der Waals surface area contributed by atoms with Crippen LogP contribution in [0.3, 0.4) is 0 Å². The predicted molar refractivity (Wildman–Crippen MR) is 50.6 cm³/mol. The molecule has 2 aromatic heterocycles. The van der Waals surface area contributed by atoms with E-state index < -0.39 is 0 Å². The molecule has 0 aliphatic carbocycles. The van der Waals surface area contributed by atoms with Crippen LogP contribution in [0, 0.1) is 0 Å². The highest BCUT2D eigenvalue weighted by Crippen LogP contribution is 2.03. The first-order valence-corrected chi connectivity index (χ1v) is 4.34. The van der Waals surface area contributed by atoms with Gasteiger partial charge < -0.3 is 5.32 Å². The molecular weight excluding hydrogens is 164 g/mol. The van der Waals surface area contributed by atoms with Crippen LogP contribution >= 0.6 is 0 Å². The second kappa shape index (κ2) is 3.53. The van der Waals surface area contributed by atoms with Crippen molar-refractivity contribution < 1.29 is 0 Å². The molecule has 4 heteroatoms. The van der Waals surface area contributed by atoms with Gasteiger partial charge in [0, 0.05) is 6.20 Å². The van der Waals surface area contributed by atoms with Crippen LogP contribution in [-0.4, -0.2) is 28.4 Å². The van der Waals surface area contributed by atoms with Crippen molar-refractivity contribution in [2.24, 2.45) is 0 Å². The molecule has 0 bridgehead atoms. The van der Waals surface area contributed by atoms with Gasteiger partial charge in [0.25, 0.3) is 0 Å². The summed E-state index contributed by atoms with van der Waals surface area (Å²) in [6, 6.07) is 4.14. The van der Waals surface area contributed by atoms with Crippen LogP contribution in [0.25, 0.3) is 5.52 Å². The summed E-state index contributed by atoms with van der Waals surface area (Å²) in [4.78, 5) is 0. The number of pyridine rings is 1. The van der Waals surface area contributed by atoms with Gasteiger partial charge in [-0.1, -0.05) is 11.3 Å². The van der Waals surface area contributed by atoms with Crippen LogP contribution in [-0.2, 0) is 6.42 Å². The summed E-state index contributed by atoms with van der Waals surface area (Å²) in [5.41, 5.74) is 2.31. The maximum absolute atomic E-state index is 3.93. The Morgan fingerprint density at radius 2 is 2.38 bits per heavy atom. The van der Waals surface area contributed by atoms with Crippen LogP contribution in [0.5, 0.6) is 0 Å². The summed E-state index contributed by atoms with van der Waals surface area (Å²) in [5.74, 6) is 0. The summed E-state index contributed by atoms with van der Waals surface area (Å²) in [6.45, 7) is 0.986. The summed E-state index contributed by atoms with van der Waals surface area (Å²) < 4.78 is 1.80. The van der Waals surface area contributed by atoms with E-state index in [0.29, 0.717) is 0 Å². The predicted octanol–water partition coefficient (Wildman–Crippen LogP) is 0.491. The van der Waals surface area contributed by atoms with Crippen molar-refractivity contribution in [1.29, 1.82) is 0 Å². The van der Waals surface area contributed by atoms with Crippen molar-refractivity contribution in [2.45, 2.75) is 6.42 Å². The van der Waals surface area contributed by atoms with Gasteiger partial charge in [-0.05, 0) is 31.6 Å². The molecule has 68 valence electrons. The lowest BCUT2D eigenvalue weighted by atomic mass is 10.2. The van der Waals surface area contributed by atoms with E-state index in [-0.39, 0.29) is 0 Å². The number of fused-ring (bicyclic) bond motifs is 1. The topological polar surface area (TPSA) is 42.2 Å². The number of aromatic nitrogens is 3. The van der Waals surface area contributed by atoms with Gasteiger partial charge in [0.2, 0.25) is 0 Å². The first-order valence-electron chi connectivity index (χ1n) is 4.34. The maximum Gasteiger partial charge on any atom is 0.0865 e. The highest BCUT2D eigenvalue weighted by molar-refractivity contribution is 5.43. The third kappa shape index (κ3) is 1.67. The van der Waals surface area contributed by atoms with E-state index in [9.17, 15) is 0 Å². The Bertz CT molecular complexity index is 393. The van der Waals surface area contributed by atoms with E-state index >= 15 is 0 Å². The number of rotatable bonds is 3. The molecule has 0 saturated carbocycles. The molecule has 0 spiro atoms. The summed E-state index contributed by atoms with van der Waals surface area (Å²) in [6.07, 6.45) is 4.79. The second-order valence-corrected chi connectivity index (χ2v) is 2.99. The summed E-state index contributed by atoms with van der Waals surface area (Å²) in [5, 5.41) is 10.9. The molecule has 0 aromatic carbocycles. The number of nitrogens with one attached hydrogen (secondary N) is 1.